The molecule has 4 nitrogen and oxygen atoms in total. The summed E-state index contributed by atoms with van der Waals surface area (Å²) < 4.78 is 25.3. The summed E-state index contributed by atoms with van der Waals surface area (Å²) in [5, 5.41) is 0. The Morgan fingerprint density at radius 1 is 0.682 bits per heavy atom. The van der Waals surface area contributed by atoms with E-state index in [1.807, 2.05) is 13.8 Å². The molecule has 2 rings (SSSR count). The highest BCUT2D eigenvalue weighted by atomic mass is 19.3. The zero-order valence-electron chi connectivity index (χ0n) is 13.4. The van der Waals surface area contributed by atoms with Crippen molar-refractivity contribution in [1.82, 2.24) is 0 Å². The Balaban J connectivity index is 0.000000224. The maximum Gasteiger partial charge on any atom is 0.362 e. The molecule has 0 aromatic heterocycles. The predicted molar refractivity (Wildman–Crippen MR) is 75.6 cm³/mol. The van der Waals surface area contributed by atoms with Crippen molar-refractivity contribution in [2.75, 3.05) is 0 Å². The summed E-state index contributed by atoms with van der Waals surface area (Å²) in [5.41, 5.74) is -0.678. The molecular weight excluding hydrogens is 294 g/mol. The van der Waals surface area contributed by atoms with Gasteiger partial charge in [-0.2, -0.15) is 8.78 Å². The Hall–Kier alpha value is -1.46. The number of hydrogen-bond acceptors (Lipinski definition) is 4. The maximum absolute atomic E-state index is 12.6. The lowest BCUT2D eigenvalue weighted by atomic mass is 9.74. The zero-order valence-corrected chi connectivity index (χ0v) is 13.4. The molecule has 0 aromatic rings. The highest BCUT2D eigenvalue weighted by Crippen LogP contribution is 2.38. The Bertz CT molecular complexity index is 478. The van der Waals surface area contributed by atoms with Crippen molar-refractivity contribution < 1.29 is 28.0 Å². The standard InChI is InChI=1S/C8H10F2O2.C8H12O2/c1-7(2)3-5(11)8(9,10)6(12)4-7;1-8(2)4-6(9)3-7(10)5-8/h3-4H2,1-2H3;3-5H2,1-2H3. The van der Waals surface area contributed by atoms with Crippen LogP contribution in [0.2, 0.25) is 0 Å². The van der Waals surface area contributed by atoms with Crippen LogP contribution in [0.4, 0.5) is 8.78 Å². The zero-order chi connectivity index (χ0) is 17.3. The molecule has 0 radical (unpaired) electrons. The van der Waals surface area contributed by atoms with Crippen LogP contribution < -0.4 is 0 Å². The monoisotopic (exact) mass is 316 g/mol. The summed E-state index contributed by atoms with van der Waals surface area (Å²) in [5.74, 6) is -6.02. The number of carbonyl (C=O) groups excluding carboxylic acids is 4. The van der Waals surface area contributed by atoms with Gasteiger partial charge in [0.1, 0.15) is 11.6 Å². The molecule has 2 saturated carbocycles. The van der Waals surface area contributed by atoms with Gasteiger partial charge in [0.15, 0.2) is 0 Å². The largest absolute Gasteiger partial charge is 0.362 e. The first-order valence-electron chi connectivity index (χ1n) is 7.23. The Morgan fingerprint density at radius 2 is 1.00 bits per heavy atom. The Kier molecular flexibility index (Phi) is 5.04. The summed E-state index contributed by atoms with van der Waals surface area (Å²) in [7, 11) is 0. The summed E-state index contributed by atoms with van der Waals surface area (Å²) in [4.78, 5) is 43.3. The smallest absolute Gasteiger partial charge is 0.299 e. The van der Waals surface area contributed by atoms with Crippen molar-refractivity contribution in [2.45, 2.75) is 65.7 Å². The number of halogens is 2. The number of carbonyl (C=O) groups is 4. The normalized spacial score (nSPS) is 26.3. The van der Waals surface area contributed by atoms with E-state index in [-0.39, 0.29) is 36.2 Å². The summed E-state index contributed by atoms with van der Waals surface area (Å²) >= 11 is 0. The van der Waals surface area contributed by atoms with Gasteiger partial charge < -0.3 is 0 Å². The summed E-state index contributed by atoms with van der Waals surface area (Å²) in [6, 6.07) is 0. The average Bonchev–Trinajstić information content (AvgIpc) is 2.22. The van der Waals surface area contributed by atoms with E-state index in [4.69, 9.17) is 0 Å². The predicted octanol–water partition coefficient (Wildman–Crippen LogP) is 2.91. The number of rotatable bonds is 0. The van der Waals surface area contributed by atoms with Crippen LogP contribution in [0, 0.1) is 10.8 Å². The molecule has 2 aliphatic rings. The Labute approximate surface area is 128 Å². The van der Waals surface area contributed by atoms with Crippen molar-refractivity contribution >= 4 is 23.1 Å². The third-order valence-corrected chi connectivity index (χ3v) is 3.72. The van der Waals surface area contributed by atoms with E-state index in [0.717, 1.165) is 0 Å². The second-order valence-corrected chi connectivity index (χ2v) is 7.71. The van der Waals surface area contributed by atoms with Gasteiger partial charge in [0.05, 0.1) is 6.42 Å². The van der Waals surface area contributed by atoms with Crippen LogP contribution in [-0.2, 0) is 19.2 Å². The van der Waals surface area contributed by atoms with Crippen LogP contribution in [-0.4, -0.2) is 29.1 Å². The van der Waals surface area contributed by atoms with Crippen molar-refractivity contribution in [3.05, 3.63) is 0 Å². The SMILES string of the molecule is CC1(C)CC(=O)C(F)(F)C(=O)C1.CC1(C)CC(=O)CC(=O)C1. The summed E-state index contributed by atoms with van der Waals surface area (Å²) in [6.45, 7) is 7.19. The van der Waals surface area contributed by atoms with Gasteiger partial charge in [-0.25, -0.2) is 0 Å². The molecule has 0 unspecified atom stereocenters. The third kappa shape index (κ3) is 4.78. The van der Waals surface area contributed by atoms with Crippen LogP contribution in [0.25, 0.3) is 0 Å². The van der Waals surface area contributed by atoms with Crippen LogP contribution in [0.5, 0.6) is 0 Å². The number of ketones is 4. The van der Waals surface area contributed by atoms with Crippen molar-refractivity contribution in [3.63, 3.8) is 0 Å². The number of Topliss-reactive ketones (excluding diaryl/α,β-unsaturated/α-hetero) is 4. The van der Waals surface area contributed by atoms with Gasteiger partial charge in [0.2, 0.25) is 11.6 Å². The Morgan fingerprint density at radius 3 is 1.32 bits per heavy atom. The molecule has 0 heterocycles. The molecule has 0 aliphatic heterocycles. The molecule has 0 aromatic carbocycles. The van der Waals surface area contributed by atoms with Crippen LogP contribution in [0.1, 0.15) is 59.8 Å². The third-order valence-electron chi connectivity index (χ3n) is 3.72. The molecule has 22 heavy (non-hydrogen) atoms. The minimum Gasteiger partial charge on any atom is -0.299 e. The van der Waals surface area contributed by atoms with Gasteiger partial charge in [0.25, 0.3) is 0 Å². The second kappa shape index (κ2) is 5.97. The van der Waals surface area contributed by atoms with Crippen molar-refractivity contribution in [1.29, 1.82) is 0 Å². The molecule has 0 spiro atoms. The van der Waals surface area contributed by atoms with E-state index >= 15 is 0 Å². The topological polar surface area (TPSA) is 68.3 Å². The lowest BCUT2D eigenvalue weighted by molar-refractivity contribution is -0.164. The molecule has 0 atom stereocenters. The average molecular weight is 316 g/mol. The molecule has 0 bridgehead atoms. The van der Waals surface area contributed by atoms with Crippen LogP contribution in [0.3, 0.4) is 0 Å². The number of hydrogen-bond donors (Lipinski definition) is 0. The second-order valence-electron chi connectivity index (χ2n) is 7.71. The van der Waals surface area contributed by atoms with Crippen molar-refractivity contribution in [3.8, 4) is 0 Å². The summed E-state index contributed by atoms with van der Waals surface area (Å²) in [6.07, 6.45) is 0.873. The lowest BCUT2D eigenvalue weighted by Crippen LogP contribution is -2.47. The fourth-order valence-corrected chi connectivity index (χ4v) is 2.78. The van der Waals surface area contributed by atoms with Gasteiger partial charge in [-0.1, -0.05) is 27.7 Å². The highest BCUT2D eigenvalue weighted by Gasteiger charge is 2.53. The van der Waals surface area contributed by atoms with E-state index in [9.17, 15) is 28.0 Å². The van der Waals surface area contributed by atoms with Gasteiger partial charge in [-0.15, -0.1) is 0 Å². The van der Waals surface area contributed by atoms with E-state index in [0.29, 0.717) is 12.8 Å². The molecular formula is C16H22F2O4. The van der Waals surface area contributed by atoms with Gasteiger partial charge in [-0.3, -0.25) is 19.2 Å². The van der Waals surface area contributed by atoms with E-state index in [1.54, 1.807) is 13.8 Å². The van der Waals surface area contributed by atoms with E-state index < -0.39 is 22.9 Å². The minimum atomic E-state index is -3.73. The van der Waals surface area contributed by atoms with Crippen LogP contribution >= 0.6 is 0 Å². The van der Waals surface area contributed by atoms with Gasteiger partial charge >= 0.3 is 5.92 Å². The van der Waals surface area contributed by atoms with Gasteiger partial charge in [-0.05, 0) is 10.8 Å². The van der Waals surface area contributed by atoms with Crippen molar-refractivity contribution in [2.24, 2.45) is 10.8 Å². The highest BCUT2D eigenvalue weighted by molar-refractivity contribution is 6.10. The van der Waals surface area contributed by atoms with E-state index in [1.165, 1.54) is 0 Å². The first kappa shape index (κ1) is 18.6. The molecule has 0 saturated heterocycles. The maximum atomic E-state index is 12.6. The van der Waals surface area contributed by atoms with Gasteiger partial charge in [0, 0.05) is 25.7 Å². The quantitative estimate of drug-likeness (QED) is 0.644. The fourth-order valence-electron chi connectivity index (χ4n) is 2.78. The van der Waals surface area contributed by atoms with E-state index in [2.05, 4.69) is 0 Å². The molecule has 0 amide bonds. The molecule has 6 heteroatoms. The minimum absolute atomic E-state index is 0.0770. The first-order chi connectivity index (χ1) is 9.75. The fraction of sp³-hybridized carbons (Fsp3) is 0.750. The molecule has 2 aliphatic carbocycles. The first-order valence-corrected chi connectivity index (χ1v) is 7.23. The number of alkyl halides is 2. The molecule has 0 N–H and O–H groups in total. The molecule has 124 valence electrons. The lowest BCUT2D eigenvalue weighted by Gasteiger charge is -2.31. The molecule has 2 fully saturated rings. The van der Waals surface area contributed by atoms with Crippen LogP contribution in [0.15, 0.2) is 0 Å².